The van der Waals surface area contributed by atoms with E-state index in [2.05, 4.69) is 22.8 Å². The normalized spacial score (nSPS) is 13.7. The molecule has 0 bridgehead atoms. The molecule has 188 valence electrons. The predicted molar refractivity (Wildman–Crippen MR) is 139 cm³/mol. The molecule has 8 heteroatoms. The van der Waals surface area contributed by atoms with Gasteiger partial charge < -0.3 is 26.8 Å². The quantitative estimate of drug-likeness (QED) is 0.306. The summed E-state index contributed by atoms with van der Waals surface area (Å²) in [6.07, 6.45) is 3.05. The number of hydrogen-bond acceptors (Lipinski definition) is 5. The number of carbonyl (C=O) groups is 3. The topological polar surface area (TPSA) is 137 Å². The average molecular weight is 489 g/mol. The Bertz CT molecular complexity index is 1230. The van der Waals surface area contributed by atoms with Crippen LogP contribution in [0.15, 0.2) is 60.7 Å². The lowest BCUT2D eigenvalue weighted by Gasteiger charge is -2.18. The summed E-state index contributed by atoms with van der Waals surface area (Å²) < 4.78 is 5.93. The second-order valence-corrected chi connectivity index (χ2v) is 9.15. The van der Waals surface area contributed by atoms with Crippen LogP contribution < -0.4 is 26.8 Å². The van der Waals surface area contributed by atoms with Crippen LogP contribution >= 0.6 is 0 Å². The fraction of sp³-hybridized carbons (Fsp3) is 0.321. The summed E-state index contributed by atoms with van der Waals surface area (Å²) >= 11 is 0. The number of fused-ring (bicyclic) bond motifs is 2. The summed E-state index contributed by atoms with van der Waals surface area (Å²) in [5, 5.41) is 7.28. The van der Waals surface area contributed by atoms with E-state index in [9.17, 15) is 14.4 Å². The number of ether oxygens (including phenoxy) is 1. The number of nitrogens with two attached hydrogens (primary N) is 2. The number of carbonyl (C=O) groups excluding carboxylic acids is 3. The van der Waals surface area contributed by atoms with E-state index in [1.165, 1.54) is 11.1 Å². The molecular weight excluding hydrogens is 456 g/mol. The highest BCUT2D eigenvalue weighted by atomic mass is 16.5. The van der Waals surface area contributed by atoms with Gasteiger partial charge in [0.05, 0.1) is 24.8 Å². The Balaban J connectivity index is 1.25. The lowest BCUT2D eigenvalue weighted by atomic mass is 9.96. The van der Waals surface area contributed by atoms with E-state index >= 15 is 0 Å². The zero-order valence-electron chi connectivity index (χ0n) is 20.2. The third-order valence-corrected chi connectivity index (χ3v) is 6.54. The molecule has 4 rings (SSSR count). The van der Waals surface area contributed by atoms with Crippen LogP contribution in [0.25, 0.3) is 10.8 Å². The molecule has 0 saturated carbocycles. The number of amides is 3. The van der Waals surface area contributed by atoms with Crippen molar-refractivity contribution in [3.63, 3.8) is 0 Å². The Morgan fingerprint density at radius 2 is 1.56 bits per heavy atom. The monoisotopic (exact) mass is 488 g/mol. The van der Waals surface area contributed by atoms with Crippen molar-refractivity contribution in [1.82, 2.24) is 10.6 Å². The largest absolute Gasteiger partial charge is 0.493 e. The fourth-order valence-electron chi connectivity index (χ4n) is 4.58. The molecule has 1 aliphatic rings. The van der Waals surface area contributed by atoms with Crippen molar-refractivity contribution in [2.45, 2.75) is 31.7 Å². The molecule has 3 amide bonds. The van der Waals surface area contributed by atoms with Gasteiger partial charge in [0.25, 0.3) is 5.91 Å². The van der Waals surface area contributed by atoms with Crippen LogP contribution in [0, 0.1) is 5.92 Å². The molecule has 0 aliphatic heterocycles. The van der Waals surface area contributed by atoms with Gasteiger partial charge in [0, 0.05) is 6.54 Å². The van der Waals surface area contributed by atoms with Crippen LogP contribution in [0.3, 0.4) is 0 Å². The maximum atomic E-state index is 12.6. The van der Waals surface area contributed by atoms with Gasteiger partial charge in [0.15, 0.2) is 0 Å². The molecule has 1 unspecified atom stereocenters. The zero-order chi connectivity index (χ0) is 25.5. The predicted octanol–water partition coefficient (Wildman–Crippen LogP) is 2.07. The second kappa shape index (κ2) is 11.7. The van der Waals surface area contributed by atoms with Gasteiger partial charge in [-0.15, -0.1) is 0 Å². The molecule has 1 atom stereocenters. The Morgan fingerprint density at radius 1 is 0.917 bits per heavy atom. The van der Waals surface area contributed by atoms with Crippen molar-refractivity contribution >= 4 is 28.5 Å². The maximum Gasteiger partial charge on any atom is 0.255 e. The molecule has 0 aromatic heterocycles. The van der Waals surface area contributed by atoms with E-state index in [1.807, 2.05) is 42.5 Å². The Hall–Kier alpha value is -3.91. The minimum absolute atomic E-state index is 0.123. The SMILES string of the molecule is NC(=O)CNC(=O)c1cc2ccccc2cc1OCCCCNC(=O)C(N)C1Cc2ccccc2C1. The standard InChI is InChI=1S/C28H32N4O4/c29-25(33)17-32-27(34)23-15-20-9-3-4-10-21(20)16-24(23)36-12-6-5-11-31-28(35)26(30)22-13-18-7-1-2-8-19(18)14-22/h1-4,7-10,15-16,22,26H,5-6,11-14,17,30H2,(H2,29,33)(H,31,35)(H,32,34). The first-order valence-electron chi connectivity index (χ1n) is 12.2. The molecule has 3 aromatic rings. The van der Waals surface area contributed by atoms with Crippen LogP contribution in [0.2, 0.25) is 0 Å². The summed E-state index contributed by atoms with van der Waals surface area (Å²) in [5.41, 5.74) is 14.3. The molecule has 3 aromatic carbocycles. The first-order chi connectivity index (χ1) is 17.4. The van der Waals surface area contributed by atoms with Crippen LogP contribution in [0.1, 0.15) is 34.3 Å². The number of benzene rings is 3. The number of primary amides is 1. The van der Waals surface area contributed by atoms with E-state index in [1.54, 1.807) is 6.07 Å². The smallest absolute Gasteiger partial charge is 0.255 e. The Kier molecular flexibility index (Phi) is 8.17. The first kappa shape index (κ1) is 25.2. The van der Waals surface area contributed by atoms with Crippen molar-refractivity contribution in [3.05, 3.63) is 77.4 Å². The van der Waals surface area contributed by atoms with Gasteiger partial charge >= 0.3 is 0 Å². The average Bonchev–Trinajstić information content (AvgIpc) is 3.32. The molecule has 0 spiro atoms. The van der Waals surface area contributed by atoms with Gasteiger partial charge in [-0.2, -0.15) is 0 Å². The molecule has 36 heavy (non-hydrogen) atoms. The summed E-state index contributed by atoms with van der Waals surface area (Å²) in [6, 6.07) is 18.9. The lowest BCUT2D eigenvalue weighted by Crippen LogP contribution is -2.46. The van der Waals surface area contributed by atoms with E-state index < -0.39 is 17.9 Å². The molecule has 0 radical (unpaired) electrons. The van der Waals surface area contributed by atoms with Crippen molar-refractivity contribution < 1.29 is 19.1 Å². The first-order valence-corrected chi connectivity index (χ1v) is 12.2. The summed E-state index contributed by atoms with van der Waals surface area (Å²) in [4.78, 5) is 36.2. The summed E-state index contributed by atoms with van der Waals surface area (Å²) in [6.45, 7) is 0.618. The third kappa shape index (κ3) is 6.20. The molecule has 0 saturated heterocycles. The lowest BCUT2D eigenvalue weighted by molar-refractivity contribution is -0.123. The van der Waals surface area contributed by atoms with Gasteiger partial charge in [-0.1, -0.05) is 48.5 Å². The minimum Gasteiger partial charge on any atom is -0.493 e. The van der Waals surface area contributed by atoms with Gasteiger partial charge in [-0.3, -0.25) is 14.4 Å². The molecule has 8 nitrogen and oxygen atoms in total. The van der Waals surface area contributed by atoms with Gasteiger partial charge in [0.2, 0.25) is 11.8 Å². The van der Waals surface area contributed by atoms with Gasteiger partial charge in [-0.05, 0) is 65.6 Å². The van der Waals surface area contributed by atoms with E-state index in [0.29, 0.717) is 37.3 Å². The van der Waals surface area contributed by atoms with Crippen LogP contribution in [-0.4, -0.2) is 43.5 Å². The van der Waals surface area contributed by atoms with E-state index in [0.717, 1.165) is 23.6 Å². The van der Waals surface area contributed by atoms with Gasteiger partial charge in [-0.25, -0.2) is 0 Å². The molecule has 0 fully saturated rings. The molecular formula is C28H32N4O4. The summed E-state index contributed by atoms with van der Waals surface area (Å²) in [7, 11) is 0. The second-order valence-electron chi connectivity index (χ2n) is 9.15. The van der Waals surface area contributed by atoms with Crippen molar-refractivity contribution in [3.8, 4) is 5.75 Å². The maximum absolute atomic E-state index is 12.6. The summed E-state index contributed by atoms with van der Waals surface area (Å²) in [5.74, 6) is -0.618. The number of nitrogens with one attached hydrogen (secondary N) is 2. The van der Waals surface area contributed by atoms with Crippen LogP contribution in [-0.2, 0) is 22.4 Å². The van der Waals surface area contributed by atoms with Crippen molar-refractivity contribution in [1.29, 1.82) is 0 Å². The van der Waals surface area contributed by atoms with Gasteiger partial charge in [0.1, 0.15) is 5.75 Å². The van der Waals surface area contributed by atoms with E-state index in [4.69, 9.17) is 16.2 Å². The highest BCUT2D eigenvalue weighted by Gasteiger charge is 2.30. The molecule has 0 heterocycles. The van der Waals surface area contributed by atoms with Crippen LogP contribution in [0.5, 0.6) is 5.75 Å². The Morgan fingerprint density at radius 3 is 2.22 bits per heavy atom. The Labute approximate surface area is 210 Å². The van der Waals surface area contributed by atoms with E-state index in [-0.39, 0.29) is 18.4 Å². The number of unbranched alkanes of at least 4 members (excludes halogenated alkanes) is 1. The zero-order valence-corrected chi connectivity index (χ0v) is 20.2. The van der Waals surface area contributed by atoms with Crippen molar-refractivity contribution in [2.24, 2.45) is 17.4 Å². The number of hydrogen-bond donors (Lipinski definition) is 4. The fourth-order valence-corrected chi connectivity index (χ4v) is 4.58. The third-order valence-electron chi connectivity index (χ3n) is 6.54. The highest BCUT2D eigenvalue weighted by molar-refractivity contribution is 6.02. The van der Waals surface area contributed by atoms with Crippen molar-refractivity contribution in [2.75, 3.05) is 19.7 Å². The number of rotatable bonds is 11. The van der Waals surface area contributed by atoms with Crippen LogP contribution in [0.4, 0.5) is 0 Å². The minimum atomic E-state index is -0.620. The molecule has 6 N–H and O–H groups in total. The highest BCUT2D eigenvalue weighted by Crippen LogP contribution is 2.28. The molecule has 1 aliphatic carbocycles.